The zero-order valence-corrected chi connectivity index (χ0v) is 12.1. The number of ketones is 1. The van der Waals surface area contributed by atoms with Crippen LogP contribution in [0.2, 0.25) is 0 Å². The lowest BCUT2D eigenvalue weighted by atomic mass is 9.96. The van der Waals surface area contributed by atoms with Gasteiger partial charge in [0.1, 0.15) is 5.69 Å². The predicted octanol–water partition coefficient (Wildman–Crippen LogP) is 2.84. The molecule has 0 aliphatic heterocycles. The van der Waals surface area contributed by atoms with E-state index in [1.54, 1.807) is 24.3 Å². The van der Waals surface area contributed by atoms with Crippen molar-refractivity contribution in [2.24, 2.45) is 0 Å². The fourth-order valence-corrected chi connectivity index (χ4v) is 3.13. The molecule has 2 aromatic carbocycles. The molecule has 0 amide bonds. The van der Waals surface area contributed by atoms with Gasteiger partial charge in [-0.3, -0.25) is 4.79 Å². The molecule has 0 saturated carbocycles. The Morgan fingerprint density at radius 3 is 2.25 bits per heavy atom. The summed E-state index contributed by atoms with van der Waals surface area (Å²) in [5, 5.41) is 19.2. The van der Waals surface area contributed by atoms with Crippen molar-refractivity contribution in [1.29, 1.82) is 0 Å². The van der Waals surface area contributed by atoms with E-state index in [1.807, 2.05) is 0 Å². The number of hydrogen-bond acceptors (Lipinski definition) is 4. The lowest BCUT2D eigenvalue weighted by Gasteiger charge is -2.10. The average Bonchev–Trinajstić information content (AvgIpc) is 2.85. The first-order chi connectivity index (χ1) is 11.5. The Labute approximate surface area is 135 Å². The summed E-state index contributed by atoms with van der Waals surface area (Å²) in [6.07, 6.45) is 0. The van der Waals surface area contributed by atoms with Crippen molar-refractivity contribution in [2.45, 2.75) is 0 Å². The standard InChI is InChI=1S/C18H9NO5/c20-16-9-5-2-1-4-8(9)12-13(18(23)24)10-6-3-7-11(17(21)22)14(10)19-15(12)16/h1-7H,(H,21,22)(H,23,24). The van der Waals surface area contributed by atoms with Gasteiger partial charge in [0.2, 0.25) is 5.78 Å². The van der Waals surface area contributed by atoms with E-state index in [-0.39, 0.29) is 33.3 Å². The third kappa shape index (κ3) is 1.70. The number of nitrogens with zero attached hydrogens (tertiary/aromatic N) is 1. The van der Waals surface area contributed by atoms with Crippen LogP contribution >= 0.6 is 0 Å². The molecule has 3 aromatic rings. The Kier molecular flexibility index (Phi) is 2.77. The number of carboxylic acid groups (broad SMARTS) is 2. The van der Waals surface area contributed by atoms with Gasteiger partial charge in [0.15, 0.2) is 0 Å². The number of para-hydroxylation sites is 1. The minimum Gasteiger partial charge on any atom is -0.478 e. The van der Waals surface area contributed by atoms with Gasteiger partial charge < -0.3 is 10.2 Å². The van der Waals surface area contributed by atoms with E-state index in [9.17, 15) is 24.6 Å². The number of pyridine rings is 1. The molecule has 116 valence electrons. The average molecular weight is 319 g/mol. The van der Waals surface area contributed by atoms with E-state index < -0.39 is 17.7 Å². The highest BCUT2D eigenvalue weighted by Gasteiger charge is 2.34. The highest BCUT2D eigenvalue weighted by atomic mass is 16.4. The van der Waals surface area contributed by atoms with Gasteiger partial charge in [0.25, 0.3) is 0 Å². The molecular formula is C18H9NO5. The number of carbonyl (C=O) groups is 3. The minimum absolute atomic E-state index is 0.00214. The van der Waals surface area contributed by atoms with Gasteiger partial charge in [-0.25, -0.2) is 14.6 Å². The van der Waals surface area contributed by atoms with Crippen LogP contribution in [0.1, 0.15) is 36.8 Å². The van der Waals surface area contributed by atoms with E-state index in [2.05, 4.69) is 4.98 Å². The summed E-state index contributed by atoms with van der Waals surface area (Å²) in [7, 11) is 0. The van der Waals surface area contributed by atoms with Crippen LogP contribution in [-0.2, 0) is 0 Å². The molecule has 0 saturated heterocycles. The van der Waals surface area contributed by atoms with Gasteiger partial charge in [0.05, 0.1) is 16.6 Å². The molecule has 1 aliphatic rings. The van der Waals surface area contributed by atoms with Crippen molar-refractivity contribution in [3.05, 3.63) is 64.8 Å². The molecule has 24 heavy (non-hydrogen) atoms. The normalized spacial score (nSPS) is 12.1. The van der Waals surface area contributed by atoms with Crippen molar-refractivity contribution in [1.82, 2.24) is 4.98 Å². The number of carboxylic acids is 2. The van der Waals surface area contributed by atoms with Crippen molar-refractivity contribution in [3.8, 4) is 11.1 Å². The van der Waals surface area contributed by atoms with Crippen LogP contribution in [0.15, 0.2) is 42.5 Å². The quantitative estimate of drug-likeness (QED) is 0.588. The third-order valence-corrected chi connectivity index (χ3v) is 4.12. The Balaban J connectivity index is 2.24. The second-order valence-corrected chi connectivity index (χ2v) is 5.40. The molecule has 1 aromatic heterocycles. The van der Waals surface area contributed by atoms with Gasteiger partial charge >= 0.3 is 11.9 Å². The minimum atomic E-state index is -1.23. The molecule has 1 heterocycles. The van der Waals surface area contributed by atoms with E-state index in [0.717, 1.165) is 0 Å². The summed E-state index contributed by atoms with van der Waals surface area (Å²) < 4.78 is 0. The fraction of sp³-hybridized carbons (Fsp3) is 0. The number of benzene rings is 2. The molecule has 0 atom stereocenters. The Morgan fingerprint density at radius 2 is 1.58 bits per heavy atom. The molecule has 0 bridgehead atoms. The maximum absolute atomic E-state index is 12.6. The molecule has 2 N–H and O–H groups in total. The second kappa shape index (κ2) is 4.73. The first-order valence-electron chi connectivity index (χ1n) is 7.08. The molecular weight excluding hydrogens is 310 g/mol. The Bertz CT molecular complexity index is 1080. The number of hydrogen-bond donors (Lipinski definition) is 2. The summed E-state index contributed by atoms with van der Waals surface area (Å²) in [5.41, 5.74) is 0.868. The highest BCUT2D eigenvalue weighted by Crippen LogP contribution is 2.41. The van der Waals surface area contributed by atoms with Crippen LogP contribution in [0.4, 0.5) is 0 Å². The van der Waals surface area contributed by atoms with Crippen LogP contribution in [0.5, 0.6) is 0 Å². The molecule has 0 fully saturated rings. The third-order valence-electron chi connectivity index (χ3n) is 4.12. The summed E-state index contributed by atoms with van der Waals surface area (Å²) in [6, 6.07) is 11.0. The molecule has 0 radical (unpaired) electrons. The van der Waals surface area contributed by atoms with Gasteiger partial charge in [-0.05, 0) is 11.6 Å². The SMILES string of the molecule is O=C1c2ccccc2-c2c1nc1c(C(=O)O)cccc1c2C(=O)O. The van der Waals surface area contributed by atoms with Crippen molar-refractivity contribution in [2.75, 3.05) is 0 Å². The highest BCUT2D eigenvalue weighted by molar-refractivity contribution is 6.26. The Hall–Kier alpha value is -3.54. The number of fused-ring (bicyclic) bond motifs is 4. The smallest absolute Gasteiger partial charge is 0.337 e. The van der Waals surface area contributed by atoms with Crippen molar-refractivity contribution in [3.63, 3.8) is 0 Å². The van der Waals surface area contributed by atoms with E-state index in [4.69, 9.17) is 0 Å². The van der Waals surface area contributed by atoms with Crippen LogP contribution in [0, 0.1) is 0 Å². The number of aromatic carboxylic acids is 2. The van der Waals surface area contributed by atoms with Crippen LogP contribution in [-0.4, -0.2) is 32.9 Å². The molecule has 0 unspecified atom stereocenters. The summed E-state index contributed by atoms with van der Waals surface area (Å²) >= 11 is 0. The zero-order chi connectivity index (χ0) is 17.0. The first kappa shape index (κ1) is 14.1. The fourth-order valence-electron chi connectivity index (χ4n) is 3.13. The van der Waals surface area contributed by atoms with Gasteiger partial charge in [-0.15, -0.1) is 0 Å². The lowest BCUT2D eigenvalue weighted by molar-refractivity contribution is 0.0686. The molecule has 1 aliphatic carbocycles. The van der Waals surface area contributed by atoms with Crippen molar-refractivity contribution >= 4 is 28.6 Å². The second-order valence-electron chi connectivity index (χ2n) is 5.40. The number of aromatic nitrogens is 1. The van der Waals surface area contributed by atoms with Crippen LogP contribution < -0.4 is 0 Å². The van der Waals surface area contributed by atoms with Crippen LogP contribution in [0.3, 0.4) is 0 Å². The maximum Gasteiger partial charge on any atom is 0.337 e. The molecule has 4 rings (SSSR count). The van der Waals surface area contributed by atoms with E-state index in [0.29, 0.717) is 11.1 Å². The van der Waals surface area contributed by atoms with Gasteiger partial charge in [-0.2, -0.15) is 0 Å². The monoisotopic (exact) mass is 319 g/mol. The maximum atomic E-state index is 12.6. The van der Waals surface area contributed by atoms with Gasteiger partial charge in [0, 0.05) is 16.5 Å². The summed E-state index contributed by atoms with van der Waals surface area (Å²) in [5.74, 6) is -2.86. The molecule has 0 spiro atoms. The summed E-state index contributed by atoms with van der Waals surface area (Å²) in [4.78, 5) is 40.1. The van der Waals surface area contributed by atoms with Crippen LogP contribution in [0.25, 0.3) is 22.0 Å². The topological polar surface area (TPSA) is 105 Å². The lowest BCUT2D eigenvalue weighted by Crippen LogP contribution is -2.08. The zero-order valence-electron chi connectivity index (χ0n) is 12.1. The Morgan fingerprint density at radius 1 is 0.875 bits per heavy atom. The molecule has 6 heteroatoms. The number of rotatable bonds is 2. The summed E-state index contributed by atoms with van der Waals surface area (Å²) in [6.45, 7) is 0. The van der Waals surface area contributed by atoms with Gasteiger partial charge in [-0.1, -0.05) is 36.4 Å². The van der Waals surface area contributed by atoms with Crippen molar-refractivity contribution < 1.29 is 24.6 Å². The van der Waals surface area contributed by atoms with E-state index >= 15 is 0 Å². The molecule has 6 nitrogen and oxygen atoms in total. The predicted molar refractivity (Wildman–Crippen MR) is 84.5 cm³/mol. The first-order valence-corrected chi connectivity index (χ1v) is 7.08. The van der Waals surface area contributed by atoms with E-state index in [1.165, 1.54) is 18.2 Å². The number of carbonyl (C=O) groups excluding carboxylic acids is 1. The largest absolute Gasteiger partial charge is 0.478 e.